The number of nitrogens with zero attached hydrogens (tertiary/aromatic N) is 1. The molecule has 1 heterocycles. The predicted octanol–water partition coefficient (Wildman–Crippen LogP) is 5.92. The van der Waals surface area contributed by atoms with E-state index >= 15 is 0 Å². The molecule has 0 aliphatic carbocycles. The van der Waals surface area contributed by atoms with Crippen molar-refractivity contribution in [2.45, 2.75) is 18.0 Å². The molecule has 0 radical (unpaired) electrons. The van der Waals surface area contributed by atoms with Gasteiger partial charge >= 0.3 is 6.18 Å². The van der Waals surface area contributed by atoms with Crippen LogP contribution >= 0.6 is 11.6 Å². The van der Waals surface area contributed by atoms with Crippen LogP contribution in [0.2, 0.25) is 5.02 Å². The Hall–Kier alpha value is -2.71. The average Bonchev–Trinajstić information content (AvgIpc) is 2.74. The minimum Gasteiger partial charge on any atom is -0.489 e. The van der Waals surface area contributed by atoms with Gasteiger partial charge in [0.1, 0.15) is 12.4 Å². The van der Waals surface area contributed by atoms with E-state index in [-0.39, 0.29) is 18.8 Å². The summed E-state index contributed by atoms with van der Waals surface area (Å²) in [6.45, 7) is 1.91. The molecule has 0 amide bonds. The van der Waals surface area contributed by atoms with Crippen LogP contribution in [0.25, 0.3) is 11.1 Å². The molecule has 0 N–H and O–H groups in total. The number of anilines is 1. The van der Waals surface area contributed by atoms with Gasteiger partial charge in [0.25, 0.3) is 10.0 Å². The molecule has 31 heavy (non-hydrogen) atoms. The second-order valence-electron chi connectivity index (χ2n) is 7.07. The van der Waals surface area contributed by atoms with Gasteiger partial charge in [0.15, 0.2) is 0 Å². The van der Waals surface area contributed by atoms with E-state index in [2.05, 4.69) is 0 Å². The van der Waals surface area contributed by atoms with Crippen molar-refractivity contribution in [2.75, 3.05) is 17.5 Å². The Morgan fingerprint density at radius 3 is 2.52 bits per heavy atom. The monoisotopic (exact) mass is 467 g/mol. The highest BCUT2D eigenvalue weighted by Gasteiger charge is 2.35. The lowest BCUT2D eigenvalue weighted by Gasteiger charge is -2.31. The fourth-order valence-corrected chi connectivity index (χ4v) is 5.17. The van der Waals surface area contributed by atoms with Gasteiger partial charge in [0.2, 0.25) is 0 Å². The van der Waals surface area contributed by atoms with Gasteiger partial charge in [-0.2, -0.15) is 13.2 Å². The van der Waals surface area contributed by atoms with Crippen molar-refractivity contribution in [3.05, 3.63) is 76.8 Å². The van der Waals surface area contributed by atoms with Crippen LogP contribution in [0.15, 0.2) is 65.6 Å². The summed E-state index contributed by atoms with van der Waals surface area (Å²) < 4.78 is 72.5. The van der Waals surface area contributed by atoms with Crippen molar-refractivity contribution in [1.29, 1.82) is 0 Å². The maximum atomic E-state index is 13.3. The van der Waals surface area contributed by atoms with E-state index in [1.165, 1.54) is 0 Å². The summed E-state index contributed by atoms with van der Waals surface area (Å²) in [7, 11) is -4.26. The molecule has 3 aromatic carbocycles. The van der Waals surface area contributed by atoms with Crippen LogP contribution in [0.3, 0.4) is 0 Å². The molecule has 0 saturated heterocycles. The normalized spacial score (nSPS) is 14.2. The number of sulfonamides is 1. The van der Waals surface area contributed by atoms with Crippen LogP contribution in [0.1, 0.15) is 11.1 Å². The molecule has 0 unspecified atom stereocenters. The highest BCUT2D eigenvalue weighted by Crippen LogP contribution is 2.41. The van der Waals surface area contributed by atoms with Gasteiger partial charge in [0.05, 0.1) is 27.7 Å². The molecule has 0 saturated carbocycles. The van der Waals surface area contributed by atoms with Crippen molar-refractivity contribution in [1.82, 2.24) is 0 Å². The van der Waals surface area contributed by atoms with Gasteiger partial charge in [-0.15, -0.1) is 0 Å². The number of benzene rings is 3. The topological polar surface area (TPSA) is 46.6 Å². The Labute approximate surface area is 182 Å². The van der Waals surface area contributed by atoms with Crippen LogP contribution < -0.4 is 9.04 Å². The lowest BCUT2D eigenvalue weighted by Crippen LogP contribution is -2.38. The number of hydrogen-bond donors (Lipinski definition) is 0. The lowest BCUT2D eigenvalue weighted by atomic mass is 10.0. The van der Waals surface area contributed by atoms with Crippen LogP contribution in [0.4, 0.5) is 18.9 Å². The Bertz CT molecular complexity index is 1260. The third-order valence-electron chi connectivity index (χ3n) is 5.03. The van der Waals surface area contributed by atoms with Gasteiger partial charge in [0, 0.05) is 5.56 Å². The highest BCUT2D eigenvalue weighted by molar-refractivity contribution is 7.92. The van der Waals surface area contributed by atoms with E-state index in [4.69, 9.17) is 16.3 Å². The molecule has 4 nitrogen and oxygen atoms in total. The number of aryl methyl sites for hydroxylation is 1. The predicted molar refractivity (Wildman–Crippen MR) is 113 cm³/mol. The van der Waals surface area contributed by atoms with Crippen molar-refractivity contribution in [3.8, 4) is 16.9 Å². The molecule has 1 aliphatic heterocycles. The first-order valence-electron chi connectivity index (χ1n) is 9.31. The van der Waals surface area contributed by atoms with Gasteiger partial charge in [-0.1, -0.05) is 41.9 Å². The van der Waals surface area contributed by atoms with Crippen molar-refractivity contribution in [3.63, 3.8) is 0 Å². The van der Waals surface area contributed by atoms with Crippen molar-refractivity contribution >= 4 is 27.3 Å². The molecule has 0 spiro atoms. The van der Waals surface area contributed by atoms with E-state index < -0.39 is 26.7 Å². The van der Waals surface area contributed by atoms with Gasteiger partial charge < -0.3 is 4.74 Å². The van der Waals surface area contributed by atoms with Crippen LogP contribution in [-0.2, 0) is 16.2 Å². The van der Waals surface area contributed by atoms with Crippen LogP contribution in [0, 0.1) is 6.92 Å². The first-order valence-corrected chi connectivity index (χ1v) is 11.1. The van der Waals surface area contributed by atoms with Crippen molar-refractivity contribution in [2.24, 2.45) is 0 Å². The zero-order chi connectivity index (χ0) is 22.4. The molecule has 9 heteroatoms. The maximum Gasteiger partial charge on any atom is 0.416 e. The summed E-state index contributed by atoms with van der Waals surface area (Å²) in [4.78, 5) is -0.436. The summed E-state index contributed by atoms with van der Waals surface area (Å²) in [6, 6.07) is 14.3. The molecule has 3 aromatic rings. The highest BCUT2D eigenvalue weighted by atomic mass is 35.5. The summed E-state index contributed by atoms with van der Waals surface area (Å²) >= 11 is 6.42. The smallest absolute Gasteiger partial charge is 0.416 e. The van der Waals surface area contributed by atoms with E-state index in [1.54, 1.807) is 18.2 Å². The molecular weight excluding hydrogens is 451 g/mol. The number of hydrogen-bond acceptors (Lipinski definition) is 3. The first-order chi connectivity index (χ1) is 14.6. The average molecular weight is 468 g/mol. The molecule has 0 bridgehead atoms. The van der Waals surface area contributed by atoms with Crippen LogP contribution in [0.5, 0.6) is 5.75 Å². The van der Waals surface area contributed by atoms with E-state index in [0.717, 1.165) is 28.1 Å². The molecule has 162 valence electrons. The van der Waals surface area contributed by atoms with E-state index in [1.807, 2.05) is 25.1 Å². The quantitative estimate of drug-likeness (QED) is 0.480. The molecule has 0 atom stereocenters. The second-order valence-corrected chi connectivity index (χ2v) is 9.31. The van der Waals surface area contributed by atoms with E-state index in [0.29, 0.717) is 28.0 Å². The minimum atomic E-state index is -4.65. The van der Waals surface area contributed by atoms with Gasteiger partial charge in [-0.3, -0.25) is 4.31 Å². The Morgan fingerprint density at radius 1 is 1.03 bits per heavy atom. The van der Waals surface area contributed by atoms with Gasteiger partial charge in [-0.25, -0.2) is 8.42 Å². The fraction of sp³-hybridized carbons (Fsp3) is 0.182. The number of ether oxygens (including phenoxy) is 1. The fourth-order valence-electron chi connectivity index (χ4n) is 3.44. The number of rotatable bonds is 3. The molecule has 1 aliphatic rings. The molecular formula is C22H17ClF3NO3S. The van der Waals surface area contributed by atoms with E-state index in [9.17, 15) is 21.6 Å². The Morgan fingerprint density at radius 2 is 1.77 bits per heavy atom. The summed E-state index contributed by atoms with van der Waals surface area (Å²) in [6.07, 6.45) is -4.65. The first kappa shape index (κ1) is 21.5. The number of alkyl halides is 3. The maximum absolute atomic E-state index is 13.3. The molecule has 4 rings (SSSR count). The van der Waals surface area contributed by atoms with Crippen LogP contribution in [-0.4, -0.2) is 21.6 Å². The zero-order valence-corrected chi connectivity index (χ0v) is 17.9. The SMILES string of the molecule is Cc1cccc(-c2ccc3c(c2)N(S(=O)(=O)c2cccc(C(F)(F)F)c2)CCO3)c1Cl. The Kier molecular flexibility index (Phi) is 5.39. The molecule has 0 aromatic heterocycles. The number of fused-ring (bicyclic) bond motifs is 1. The summed E-state index contributed by atoms with van der Waals surface area (Å²) in [5.41, 5.74) is 1.47. The summed E-state index contributed by atoms with van der Waals surface area (Å²) in [5, 5.41) is 0.534. The second kappa shape index (κ2) is 7.76. The summed E-state index contributed by atoms with van der Waals surface area (Å²) in [5.74, 6) is 0.328. The lowest BCUT2D eigenvalue weighted by molar-refractivity contribution is -0.137. The third-order valence-corrected chi connectivity index (χ3v) is 7.34. The van der Waals surface area contributed by atoms with Crippen molar-refractivity contribution < 1.29 is 26.3 Å². The largest absolute Gasteiger partial charge is 0.489 e. The standard InChI is InChI=1S/C22H17ClF3NO3S/c1-14-4-2-7-18(21(14)23)15-8-9-20-19(12-15)27(10-11-30-20)31(28,29)17-6-3-5-16(13-17)22(24,25)26/h2-9,12-13H,10-11H2,1H3. The number of halogens is 4. The third kappa shape index (κ3) is 3.97. The zero-order valence-electron chi connectivity index (χ0n) is 16.3. The Balaban J connectivity index is 1.82. The minimum absolute atomic E-state index is 0.0312. The molecule has 0 fully saturated rings. The van der Waals surface area contributed by atoms with Gasteiger partial charge in [-0.05, 0) is 48.4 Å².